The predicted octanol–water partition coefficient (Wildman–Crippen LogP) is 2.38. The summed E-state index contributed by atoms with van der Waals surface area (Å²) in [5.41, 5.74) is 1.71. The fourth-order valence-electron chi connectivity index (χ4n) is 2.02. The fourth-order valence-corrected chi connectivity index (χ4v) is 2.20. The van der Waals surface area contributed by atoms with Crippen LogP contribution in [0.3, 0.4) is 0 Å². The average Bonchev–Trinajstić information content (AvgIpc) is 2.86. The van der Waals surface area contributed by atoms with Gasteiger partial charge in [-0.15, -0.1) is 0 Å². The number of rotatable bonds is 4. The summed E-state index contributed by atoms with van der Waals surface area (Å²) in [5.74, 6) is -1.45. The molecule has 2 aromatic rings. The quantitative estimate of drug-likeness (QED) is 0.938. The van der Waals surface area contributed by atoms with E-state index in [-0.39, 0.29) is 5.91 Å². The molecule has 116 valence electrons. The summed E-state index contributed by atoms with van der Waals surface area (Å²) >= 11 is 5.96. The molecule has 2 rings (SSSR count). The summed E-state index contributed by atoms with van der Waals surface area (Å²) in [4.78, 5) is 24.6. The second kappa shape index (κ2) is 6.19. The minimum Gasteiger partial charge on any atom is -0.480 e. The van der Waals surface area contributed by atoms with E-state index in [1.807, 2.05) is 6.07 Å². The van der Waals surface area contributed by atoms with Crippen LogP contribution in [0.25, 0.3) is 5.69 Å². The number of carbonyl (C=O) groups excluding carboxylic acids is 1. The molecule has 0 aliphatic rings. The SMILES string of the molecule is Cc1c(C(=O)N(C)C(C)C(=O)O)cnn1-c1cccc(Cl)c1. The van der Waals surface area contributed by atoms with Crippen molar-refractivity contribution in [2.75, 3.05) is 7.05 Å². The molecule has 1 N–H and O–H groups in total. The third kappa shape index (κ3) is 2.96. The van der Waals surface area contributed by atoms with Crippen molar-refractivity contribution in [3.8, 4) is 5.69 Å². The monoisotopic (exact) mass is 321 g/mol. The van der Waals surface area contributed by atoms with E-state index >= 15 is 0 Å². The van der Waals surface area contributed by atoms with Gasteiger partial charge in [-0.1, -0.05) is 17.7 Å². The maximum absolute atomic E-state index is 12.4. The van der Waals surface area contributed by atoms with E-state index in [1.165, 1.54) is 25.1 Å². The summed E-state index contributed by atoms with van der Waals surface area (Å²) in [7, 11) is 1.46. The summed E-state index contributed by atoms with van der Waals surface area (Å²) in [5, 5.41) is 13.8. The molecule has 0 radical (unpaired) electrons. The Bertz CT molecular complexity index is 727. The normalized spacial score (nSPS) is 12.0. The molecular weight excluding hydrogens is 306 g/mol. The molecule has 0 aliphatic heterocycles. The van der Waals surface area contributed by atoms with E-state index in [1.54, 1.807) is 29.8 Å². The molecule has 1 heterocycles. The third-order valence-corrected chi connectivity index (χ3v) is 3.79. The van der Waals surface area contributed by atoms with Crippen LogP contribution in [0.1, 0.15) is 23.0 Å². The first-order valence-corrected chi connectivity index (χ1v) is 7.01. The predicted molar refractivity (Wildman–Crippen MR) is 82.5 cm³/mol. The summed E-state index contributed by atoms with van der Waals surface area (Å²) in [6.45, 7) is 3.21. The topological polar surface area (TPSA) is 75.4 Å². The number of hydrogen-bond acceptors (Lipinski definition) is 3. The van der Waals surface area contributed by atoms with Crippen molar-refractivity contribution in [2.45, 2.75) is 19.9 Å². The Morgan fingerprint density at radius 1 is 1.41 bits per heavy atom. The number of benzene rings is 1. The molecule has 1 atom stereocenters. The molecule has 0 aliphatic carbocycles. The van der Waals surface area contributed by atoms with Crippen molar-refractivity contribution >= 4 is 23.5 Å². The number of carboxylic acids is 1. The van der Waals surface area contributed by atoms with Gasteiger partial charge in [0.1, 0.15) is 6.04 Å². The average molecular weight is 322 g/mol. The van der Waals surface area contributed by atoms with E-state index < -0.39 is 12.0 Å². The Kier molecular flexibility index (Phi) is 4.51. The van der Waals surface area contributed by atoms with Crippen molar-refractivity contribution in [3.63, 3.8) is 0 Å². The number of likely N-dealkylation sites (N-methyl/N-ethyl adjacent to an activating group) is 1. The van der Waals surface area contributed by atoms with Gasteiger partial charge in [0.25, 0.3) is 5.91 Å². The van der Waals surface area contributed by atoms with Gasteiger partial charge in [-0.3, -0.25) is 4.79 Å². The lowest BCUT2D eigenvalue weighted by Crippen LogP contribution is -2.40. The highest BCUT2D eigenvalue weighted by atomic mass is 35.5. The van der Waals surface area contributed by atoms with Crippen molar-refractivity contribution < 1.29 is 14.7 Å². The lowest BCUT2D eigenvalue weighted by atomic mass is 10.2. The van der Waals surface area contributed by atoms with Crippen LogP contribution in [0.4, 0.5) is 0 Å². The maximum Gasteiger partial charge on any atom is 0.326 e. The van der Waals surface area contributed by atoms with E-state index in [2.05, 4.69) is 5.10 Å². The van der Waals surface area contributed by atoms with Crippen molar-refractivity contribution in [3.05, 3.63) is 46.7 Å². The van der Waals surface area contributed by atoms with Crippen molar-refractivity contribution in [1.29, 1.82) is 0 Å². The third-order valence-electron chi connectivity index (χ3n) is 3.55. The second-order valence-electron chi connectivity index (χ2n) is 4.97. The Morgan fingerprint density at radius 3 is 2.68 bits per heavy atom. The number of carboxylic acid groups (broad SMARTS) is 1. The molecule has 1 aromatic heterocycles. The van der Waals surface area contributed by atoms with Gasteiger partial charge < -0.3 is 10.0 Å². The molecule has 6 nitrogen and oxygen atoms in total. The highest BCUT2D eigenvalue weighted by molar-refractivity contribution is 6.30. The zero-order valence-corrected chi connectivity index (χ0v) is 13.2. The molecular formula is C15H16ClN3O3. The Labute approximate surface area is 132 Å². The maximum atomic E-state index is 12.4. The number of amides is 1. The lowest BCUT2D eigenvalue weighted by Gasteiger charge is -2.21. The highest BCUT2D eigenvalue weighted by Gasteiger charge is 2.25. The minimum atomic E-state index is -1.06. The largest absolute Gasteiger partial charge is 0.480 e. The van der Waals surface area contributed by atoms with Crippen LogP contribution in [0.5, 0.6) is 0 Å². The minimum absolute atomic E-state index is 0.357. The Hall–Kier alpha value is -2.34. The molecule has 0 fully saturated rings. The zero-order chi connectivity index (χ0) is 16.4. The standard InChI is InChI=1S/C15H16ClN3O3/c1-9-13(14(20)18(3)10(2)15(21)22)8-17-19(9)12-6-4-5-11(16)7-12/h4-8,10H,1-3H3,(H,21,22). The summed E-state index contributed by atoms with van der Waals surface area (Å²) < 4.78 is 1.60. The molecule has 1 amide bonds. The number of aromatic nitrogens is 2. The van der Waals surface area contributed by atoms with Gasteiger partial charge in [-0.2, -0.15) is 5.10 Å². The van der Waals surface area contributed by atoms with Crippen LogP contribution < -0.4 is 0 Å². The fraction of sp³-hybridized carbons (Fsp3) is 0.267. The van der Waals surface area contributed by atoms with Gasteiger partial charge in [0.15, 0.2) is 0 Å². The van der Waals surface area contributed by atoms with Crippen LogP contribution in [-0.4, -0.2) is 44.8 Å². The highest BCUT2D eigenvalue weighted by Crippen LogP contribution is 2.19. The van der Waals surface area contributed by atoms with E-state index in [9.17, 15) is 9.59 Å². The van der Waals surface area contributed by atoms with Gasteiger partial charge in [-0.25, -0.2) is 9.48 Å². The van der Waals surface area contributed by atoms with Crippen LogP contribution >= 0.6 is 11.6 Å². The van der Waals surface area contributed by atoms with E-state index in [4.69, 9.17) is 16.7 Å². The summed E-state index contributed by atoms with van der Waals surface area (Å²) in [6, 6.07) is 6.18. The number of hydrogen-bond donors (Lipinski definition) is 1. The zero-order valence-electron chi connectivity index (χ0n) is 12.4. The number of nitrogens with zero attached hydrogens (tertiary/aromatic N) is 3. The first-order chi connectivity index (χ1) is 10.3. The van der Waals surface area contributed by atoms with Crippen LogP contribution in [-0.2, 0) is 4.79 Å². The van der Waals surface area contributed by atoms with Gasteiger partial charge in [0.2, 0.25) is 0 Å². The summed E-state index contributed by atoms with van der Waals surface area (Å²) in [6.07, 6.45) is 1.43. The molecule has 7 heteroatoms. The molecule has 0 spiro atoms. The van der Waals surface area contributed by atoms with Crippen molar-refractivity contribution in [2.24, 2.45) is 0 Å². The lowest BCUT2D eigenvalue weighted by molar-refractivity contribution is -0.141. The van der Waals surface area contributed by atoms with Crippen molar-refractivity contribution in [1.82, 2.24) is 14.7 Å². The van der Waals surface area contributed by atoms with Gasteiger partial charge in [0.05, 0.1) is 23.1 Å². The number of aliphatic carboxylic acids is 1. The molecule has 1 aromatic carbocycles. The van der Waals surface area contributed by atoms with Crippen LogP contribution in [0, 0.1) is 6.92 Å². The number of halogens is 1. The van der Waals surface area contributed by atoms with E-state index in [0.717, 1.165) is 5.69 Å². The molecule has 22 heavy (non-hydrogen) atoms. The molecule has 0 saturated carbocycles. The second-order valence-corrected chi connectivity index (χ2v) is 5.40. The molecule has 0 bridgehead atoms. The Balaban J connectivity index is 2.35. The van der Waals surface area contributed by atoms with Gasteiger partial charge in [-0.05, 0) is 32.0 Å². The Morgan fingerprint density at radius 2 is 2.09 bits per heavy atom. The van der Waals surface area contributed by atoms with Crippen LogP contribution in [0.2, 0.25) is 5.02 Å². The first kappa shape index (κ1) is 16.0. The van der Waals surface area contributed by atoms with Gasteiger partial charge in [0, 0.05) is 12.1 Å². The van der Waals surface area contributed by atoms with E-state index in [0.29, 0.717) is 16.3 Å². The number of carbonyl (C=O) groups is 2. The van der Waals surface area contributed by atoms with Gasteiger partial charge >= 0.3 is 5.97 Å². The molecule has 1 unspecified atom stereocenters. The molecule has 0 saturated heterocycles. The van der Waals surface area contributed by atoms with Crippen LogP contribution in [0.15, 0.2) is 30.5 Å². The first-order valence-electron chi connectivity index (χ1n) is 6.63. The smallest absolute Gasteiger partial charge is 0.326 e.